The SMILES string of the molecule is C/C=C/C(=C\C(CCC)=C(\N)C=N)CO. The van der Waals surface area contributed by atoms with Crippen LogP contribution in [0.15, 0.2) is 35.1 Å². The minimum atomic E-state index is -0.0111. The Morgan fingerprint density at radius 3 is 2.53 bits per heavy atom. The molecule has 0 rings (SSSR count). The van der Waals surface area contributed by atoms with Crippen molar-refractivity contribution in [3.63, 3.8) is 0 Å². The zero-order valence-corrected chi connectivity index (χ0v) is 9.46. The molecule has 0 amide bonds. The lowest BCUT2D eigenvalue weighted by atomic mass is 10.0. The Morgan fingerprint density at radius 2 is 2.13 bits per heavy atom. The topological polar surface area (TPSA) is 70.1 Å². The molecule has 0 bridgehead atoms. The van der Waals surface area contributed by atoms with Gasteiger partial charge in [-0.25, -0.2) is 0 Å². The summed E-state index contributed by atoms with van der Waals surface area (Å²) < 4.78 is 0. The number of allylic oxidation sites excluding steroid dienone is 4. The summed E-state index contributed by atoms with van der Waals surface area (Å²) in [4.78, 5) is 0. The van der Waals surface area contributed by atoms with Gasteiger partial charge in [0.2, 0.25) is 0 Å². The number of aliphatic hydroxyl groups excluding tert-OH is 1. The molecule has 84 valence electrons. The molecule has 0 radical (unpaired) electrons. The first-order chi connectivity index (χ1) is 7.19. The summed E-state index contributed by atoms with van der Waals surface area (Å²) in [5.41, 5.74) is 7.88. The van der Waals surface area contributed by atoms with Crippen molar-refractivity contribution >= 4 is 6.21 Å². The molecule has 0 saturated heterocycles. The highest BCUT2D eigenvalue weighted by Crippen LogP contribution is 2.12. The van der Waals surface area contributed by atoms with Crippen LogP contribution in [0.2, 0.25) is 0 Å². The summed E-state index contributed by atoms with van der Waals surface area (Å²) in [6.07, 6.45) is 8.49. The van der Waals surface area contributed by atoms with E-state index in [1.807, 2.05) is 25.2 Å². The highest BCUT2D eigenvalue weighted by molar-refractivity contribution is 5.76. The highest BCUT2D eigenvalue weighted by atomic mass is 16.3. The van der Waals surface area contributed by atoms with Crippen LogP contribution in [0.1, 0.15) is 26.7 Å². The van der Waals surface area contributed by atoms with Gasteiger partial charge in [-0.1, -0.05) is 31.6 Å². The van der Waals surface area contributed by atoms with Crippen LogP contribution >= 0.6 is 0 Å². The van der Waals surface area contributed by atoms with E-state index in [1.54, 1.807) is 0 Å². The Balaban J connectivity index is 5.01. The van der Waals surface area contributed by atoms with Crippen molar-refractivity contribution in [1.82, 2.24) is 0 Å². The van der Waals surface area contributed by atoms with Gasteiger partial charge in [-0.05, 0) is 24.5 Å². The standard InChI is InChI=1S/C12H20N2O/c1-3-5-10(9-15)7-11(6-4-2)12(14)8-13/h3,5,7-8,13,15H,4,6,9,14H2,1-2H3/b5-3+,10-7+,12-11+,13-8?. The fourth-order valence-corrected chi connectivity index (χ4v) is 1.25. The molecule has 0 aromatic rings. The quantitative estimate of drug-likeness (QED) is 0.462. The third-order valence-electron chi connectivity index (χ3n) is 1.97. The van der Waals surface area contributed by atoms with Gasteiger partial charge in [-0.15, -0.1) is 0 Å². The molecule has 0 unspecified atom stereocenters. The van der Waals surface area contributed by atoms with E-state index in [9.17, 15) is 0 Å². The lowest BCUT2D eigenvalue weighted by Crippen LogP contribution is -2.03. The smallest absolute Gasteiger partial charge is 0.0681 e. The molecule has 0 spiro atoms. The van der Waals surface area contributed by atoms with E-state index >= 15 is 0 Å². The van der Waals surface area contributed by atoms with Crippen molar-refractivity contribution in [3.8, 4) is 0 Å². The second kappa shape index (κ2) is 8.00. The number of hydrogen-bond acceptors (Lipinski definition) is 3. The van der Waals surface area contributed by atoms with Crippen molar-refractivity contribution in [2.45, 2.75) is 26.7 Å². The third kappa shape index (κ3) is 5.18. The normalized spacial score (nSPS) is 14.2. The van der Waals surface area contributed by atoms with E-state index < -0.39 is 0 Å². The largest absolute Gasteiger partial charge is 0.397 e. The molecule has 3 nitrogen and oxygen atoms in total. The summed E-state index contributed by atoms with van der Waals surface area (Å²) in [6.45, 7) is 3.94. The van der Waals surface area contributed by atoms with Crippen LogP contribution in [0, 0.1) is 5.41 Å². The van der Waals surface area contributed by atoms with Crippen LogP contribution in [0.4, 0.5) is 0 Å². The number of hydrogen-bond donors (Lipinski definition) is 3. The Kier molecular flexibility index (Phi) is 7.28. The maximum atomic E-state index is 9.09. The first-order valence-corrected chi connectivity index (χ1v) is 5.12. The van der Waals surface area contributed by atoms with Gasteiger partial charge in [-0.3, -0.25) is 0 Å². The Hall–Kier alpha value is -1.35. The van der Waals surface area contributed by atoms with Crippen molar-refractivity contribution < 1.29 is 5.11 Å². The minimum absolute atomic E-state index is 0.0111. The Labute approximate surface area is 91.5 Å². The van der Waals surface area contributed by atoms with Gasteiger partial charge in [0.05, 0.1) is 12.3 Å². The van der Waals surface area contributed by atoms with Crippen molar-refractivity contribution in [3.05, 3.63) is 35.1 Å². The van der Waals surface area contributed by atoms with E-state index in [4.69, 9.17) is 16.2 Å². The van der Waals surface area contributed by atoms with Crippen molar-refractivity contribution in [2.75, 3.05) is 6.61 Å². The molecule has 0 aromatic carbocycles. The average molecular weight is 208 g/mol. The van der Waals surface area contributed by atoms with E-state index in [0.717, 1.165) is 30.2 Å². The van der Waals surface area contributed by atoms with Crippen molar-refractivity contribution in [1.29, 1.82) is 5.41 Å². The molecule has 0 saturated carbocycles. The van der Waals surface area contributed by atoms with Crippen LogP contribution in [0.25, 0.3) is 0 Å². The van der Waals surface area contributed by atoms with E-state index in [-0.39, 0.29) is 6.61 Å². The lowest BCUT2D eigenvalue weighted by Gasteiger charge is -2.05. The molecule has 0 aliphatic rings. The van der Waals surface area contributed by atoms with Gasteiger partial charge in [0, 0.05) is 6.21 Å². The summed E-state index contributed by atoms with van der Waals surface area (Å²) in [6, 6.07) is 0. The fourth-order valence-electron chi connectivity index (χ4n) is 1.25. The molecule has 0 aliphatic heterocycles. The third-order valence-corrected chi connectivity index (χ3v) is 1.97. The van der Waals surface area contributed by atoms with Gasteiger partial charge in [-0.2, -0.15) is 0 Å². The van der Waals surface area contributed by atoms with Gasteiger partial charge >= 0.3 is 0 Å². The maximum Gasteiger partial charge on any atom is 0.0681 e. The molecule has 0 atom stereocenters. The molecule has 0 heterocycles. The molecular formula is C12H20N2O. The molecule has 0 fully saturated rings. The predicted molar refractivity (Wildman–Crippen MR) is 64.9 cm³/mol. The maximum absolute atomic E-state index is 9.09. The molecule has 0 aromatic heterocycles. The van der Waals surface area contributed by atoms with Crippen LogP contribution < -0.4 is 5.73 Å². The lowest BCUT2D eigenvalue weighted by molar-refractivity contribution is 0.335. The average Bonchev–Trinajstić information content (AvgIpc) is 2.26. The van der Waals surface area contributed by atoms with Crippen molar-refractivity contribution in [2.24, 2.45) is 5.73 Å². The predicted octanol–water partition coefficient (Wildman–Crippen LogP) is 2.14. The van der Waals surface area contributed by atoms with E-state index in [0.29, 0.717) is 5.70 Å². The van der Waals surface area contributed by atoms with Crippen LogP contribution in [0.3, 0.4) is 0 Å². The second-order valence-corrected chi connectivity index (χ2v) is 3.25. The summed E-state index contributed by atoms with van der Waals surface area (Å²) >= 11 is 0. The molecular weight excluding hydrogens is 188 g/mol. The van der Waals surface area contributed by atoms with Gasteiger partial charge < -0.3 is 16.2 Å². The number of rotatable bonds is 6. The summed E-state index contributed by atoms with van der Waals surface area (Å²) in [5, 5.41) is 16.2. The Morgan fingerprint density at radius 1 is 1.47 bits per heavy atom. The van der Waals surface area contributed by atoms with Gasteiger partial charge in [0.25, 0.3) is 0 Å². The Bertz CT molecular complexity index is 288. The summed E-state index contributed by atoms with van der Waals surface area (Å²) in [5.74, 6) is 0. The molecule has 3 heteroatoms. The molecule has 4 N–H and O–H groups in total. The monoisotopic (exact) mass is 208 g/mol. The van der Waals surface area contributed by atoms with Crippen LogP contribution in [0.5, 0.6) is 0 Å². The van der Waals surface area contributed by atoms with Gasteiger partial charge in [0.15, 0.2) is 0 Å². The minimum Gasteiger partial charge on any atom is -0.397 e. The summed E-state index contributed by atoms with van der Waals surface area (Å²) in [7, 11) is 0. The van der Waals surface area contributed by atoms with E-state index in [1.165, 1.54) is 0 Å². The first-order valence-electron chi connectivity index (χ1n) is 5.12. The first kappa shape index (κ1) is 13.7. The molecule has 15 heavy (non-hydrogen) atoms. The number of nitrogens with two attached hydrogens (primary N) is 1. The second-order valence-electron chi connectivity index (χ2n) is 3.25. The fraction of sp³-hybridized carbons (Fsp3) is 0.417. The zero-order chi connectivity index (χ0) is 11.7. The molecule has 0 aliphatic carbocycles. The zero-order valence-electron chi connectivity index (χ0n) is 9.46. The number of aliphatic hydroxyl groups is 1. The number of nitrogens with one attached hydrogen (secondary N) is 1. The van der Waals surface area contributed by atoms with Gasteiger partial charge in [0.1, 0.15) is 0 Å². The highest BCUT2D eigenvalue weighted by Gasteiger charge is 1.99. The van der Waals surface area contributed by atoms with E-state index in [2.05, 4.69) is 6.92 Å². The van der Waals surface area contributed by atoms with Crippen LogP contribution in [-0.4, -0.2) is 17.9 Å². The van der Waals surface area contributed by atoms with Crippen LogP contribution in [-0.2, 0) is 0 Å².